The van der Waals surface area contributed by atoms with Crippen LogP contribution in [-0.4, -0.2) is 22.0 Å². The lowest BCUT2D eigenvalue weighted by Crippen LogP contribution is -2.29. The molecule has 11 heteroatoms. The molecule has 3 aromatic rings. The fourth-order valence-corrected chi connectivity index (χ4v) is 4.29. The van der Waals surface area contributed by atoms with Crippen LogP contribution >= 0.6 is 0 Å². The van der Waals surface area contributed by atoms with E-state index in [1.54, 1.807) is 6.92 Å². The Labute approximate surface area is 207 Å². The zero-order valence-corrected chi connectivity index (χ0v) is 19.5. The van der Waals surface area contributed by atoms with E-state index in [2.05, 4.69) is 10.3 Å². The number of nitrogens with one attached hydrogen (secondary N) is 1. The van der Waals surface area contributed by atoms with Crippen LogP contribution in [-0.2, 0) is 22.3 Å². The molecule has 0 saturated heterocycles. The number of anilines is 1. The van der Waals surface area contributed by atoms with E-state index < -0.39 is 46.5 Å². The molecule has 5 nitrogen and oxygen atoms in total. The molecular weight excluding hydrogens is 502 g/mol. The number of carboxylic acids is 1. The number of carboxylic acid groups (broad SMARTS) is 1. The number of aryl methyl sites for hydroxylation is 1. The summed E-state index contributed by atoms with van der Waals surface area (Å²) in [6.07, 6.45) is -3.21. The highest BCUT2D eigenvalue weighted by atomic mass is 19.4. The number of nitrogens with zero attached hydrogens (tertiary/aromatic N) is 1. The standard InChI is InChI=1S/C26H20F6N2O3/c1-13-9-16(11-17(22(35)36)21(13)14-3-6-20(33-12-14)24(2,28)29)34-23(37)25(7-8-25)18-5-4-15(10-19(18)27)26(30,31)32/h3-6,9-12H,7-8H2,1-2H3,(H,34,37)(H,35,36). The van der Waals surface area contributed by atoms with Crippen LogP contribution in [0.1, 0.15) is 52.5 Å². The second-order valence-corrected chi connectivity index (χ2v) is 9.07. The molecule has 1 fully saturated rings. The summed E-state index contributed by atoms with van der Waals surface area (Å²) in [7, 11) is 0. The molecular formula is C26H20F6N2O3. The minimum Gasteiger partial charge on any atom is -0.478 e. The number of pyridine rings is 1. The van der Waals surface area contributed by atoms with Gasteiger partial charge >= 0.3 is 12.1 Å². The van der Waals surface area contributed by atoms with Crippen LogP contribution in [0.4, 0.5) is 32.0 Å². The molecule has 0 bridgehead atoms. The van der Waals surface area contributed by atoms with Gasteiger partial charge in [0.15, 0.2) is 0 Å². The van der Waals surface area contributed by atoms with Gasteiger partial charge < -0.3 is 10.4 Å². The van der Waals surface area contributed by atoms with Gasteiger partial charge in [-0.15, -0.1) is 0 Å². The summed E-state index contributed by atoms with van der Waals surface area (Å²) < 4.78 is 80.3. The number of benzene rings is 2. The van der Waals surface area contributed by atoms with E-state index in [9.17, 15) is 41.0 Å². The van der Waals surface area contributed by atoms with Crippen LogP contribution in [0.15, 0.2) is 48.7 Å². The lowest BCUT2D eigenvalue weighted by Gasteiger charge is -2.19. The molecule has 1 aromatic heterocycles. The number of alkyl halides is 5. The number of carbonyl (C=O) groups excluding carboxylic acids is 1. The summed E-state index contributed by atoms with van der Waals surface area (Å²) in [5, 5.41) is 12.3. The summed E-state index contributed by atoms with van der Waals surface area (Å²) in [6, 6.07) is 7.03. The van der Waals surface area contributed by atoms with Crippen LogP contribution in [0.2, 0.25) is 0 Å². The van der Waals surface area contributed by atoms with Gasteiger partial charge in [-0.1, -0.05) is 12.1 Å². The highest BCUT2D eigenvalue weighted by molar-refractivity contribution is 6.04. The fourth-order valence-electron chi connectivity index (χ4n) is 4.29. The zero-order valence-electron chi connectivity index (χ0n) is 19.5. The average Bonchev–Trinajstić information content (AvgIpc) is 3.59. The molecule has 2 aromatic carbocycles. The Bertz CT molecular complexity index is 1390. The quantitative estimate of drug-likeness (QED) is 0.354. The van der Waals surface area contributed by atoms with Crippen molar-refractivity contribution in [3.63, 3.8) is 0 Å². The molecule has 0 aliphatic heterocycles. The van der Waals surface area contributed by atoms with Gasteiger partial charge in [0.1, 0.15) is 11.5 Å². The maximum absolute atomic E-state index is 14.6. The Morgan fingerprint density at radius 3 is 2.19 bits per heavy atom. The topological polar surface area (TPSA) is 79.3 Å². The summed E-state index contributed by atoms with van der Waals surface area (Å²) in [4.78, 5) is 28.8. The van der Waals surface area contributed by atoms with Crippen LogP contribution in [0.3, 0.4) is 0 Å². The van der Waals surface area contributed by atoms with E-state index in [1.807, 2.05) is 0 Å². The third-order valence-corrected chi connectivity index (χ3v) is 6.32. The molecule has 1 saturated carbocycles. The number of aromatic carboxylic acids is 1. The molecule has 0 spiro atoms. The second kappa shape index (κ2) is 8.89. The molecule has 0 atom stereocenters. The van der Waals surface area contributed by atoms with Gasteiger partial charge in [-0.3, -0.25) is 9.78 Å². The van der Waals surface area contributed by atoms with Crippen molar-refractivity contribution in [2.45, 2.75) is 44.2 Å². The SMILES string of the molecule is Cc1cc(NC(=O)C2(c3ccc(C(F)(F)F)cc3F)CC2)cc(C(=O)O)c1-c1ccc(C(C)(F)F)nc1. The van der Waals surface area contributed by atoms with Gasteiger partial charge in [-0.05, 0) is 55.7 Å². The maximum atomic E-state index is 14.6. The van der Waals surface area contributed by atoms with Crippen LogP contribution in [0.25, 0.3) is 11.1 Å². The van der Waals surface area contributed by atoms with E-state index in [4.69, 9.17) is 0 Å². The fraction of sp³-hybridized carbons (Fsp3) is 0.269. The summed E-state index contributed by atoms with van der Waals surface area (Å²) in [5.41, 5.74) is -2.51. The second-order valence-electron chi connectivity index (χ2n) is 9.07. The Kier molecular flexibility index (Phi) is 6.29. The number of hydrogen-bond donors (Lipinski definition) is 2. The zero-order chi connectivity index (χ0) is 27.3. The largest absolute Gasteiger partial charge is 0.478 e. The normalized spacial score (nSPS) is 14.8. The number of hydrogen-bond acceptors (Lipinski definition) is 3. The van der Waals surface area contributed by atoms with E-state index >= 15 is 0 Å². The van der Waals surface area contributed by atoms with Crippen molar-refractivity contribution in [3.05, 3.63) is 82.4 Å². The summed E-state index contributed by atoms with van der Waals surface area (Å²) in [5.74, 6) is -6.38. The maximum Gasteiger partial charge on any atom is 0.416 e. The molecule has 1 aliphatic carbocycles. The van der Waals surface area contributed by atoms with Crippen molar-refractivity contribution < 1.29 is 41.0 Å². The monoisotopic (exact) mass is 522 g/mol. The van der Waals surface area contributed by atoms with E-state index in [1.165, 1.54) is 18.2 Å². The highest BCUT2D eigenvalue weighted by Gasteiger charge is 2.53. The van der Waals surface area contributed by atoms with Gasteiger partial charge in [0.2, 0.25) is 5.91 Å². The number of carbonyl (C=O) groups is 2. The van der Waals surface area contributed by atoms with Crippen LogP contribution in [0.5, 0.6) is 0 Å². The van der Waals surface area contributed by atoms with Gasteiger partial charge in [0.25, 0.3) is 5.92 Å². The summed E-state index contributed by atoms with van der Waals surface area (Å²) in [6.45, 7) is 2.24. The van der Waals surface area contributed by atoms with E-state index in [0.29, 0.717) is 24.6 Å². The molecule has 0 unspecified atom stereocenters. The first-order valence-electron chi connectivity index (χ1n) is 11.0. The first-order valence-corrected chi connectivity index (χ1v) is 11.0. The molecule has 0 radical (unpaired) electrons. The van der Waals surface area contributed by atoms with Crippen LogP contribution < -0.4 is 5.32 Å². The van der Waals surface area contributed by atoms with Gasteiger partial charge in [0, 0.05) is 35.5 Å². The van der Waals surface area contributed by atoms with E-state index in [0.717, 1.165) is 18.3 Å². The number of rotatable bonds is 6. The van der Waals surface area contributed by atoms with E-state index in [-0.39, 0.29) is 40.8 Å². The first kappa shape index (κ1) is 26.2. The third kappa shape index (κ3) is 5.03. The van der Waals surface area contributed by atoms with Crippen molar-refractivity contribution in [3.8, 4) is 11.1 Å². The van der Waals surface area contributed by atoms with Crippen LogP contribution in [0, 0.1) is 12.7 Å². The molecule has 37 heavy (non-hydrogen) atoms. The average molecular weight is 522 g/mol. The predicted molar refractivity (Wildman–Crippen MR) is 122 cm³/mol. The minimum atomic E-state index is -4.74. The van der Waals surface area contributed by atoms with Crippen molar-refractivity contribution in [1.82, 2.24) is 4.98 Å². The van der Waals surface area contributed by atoms with Gasteiger partial charge in [0.05, 0.1) is 16.5 Å². The molecule has 194 valence electrons. The summed E-state index contributed by atoms with van der Waals surface area (Å²) >= 11 is 0. The third-order valence-electron chi connectivity index (χ3n) is 6.32. The van der Waals surface area contributed by atoms with Crippen molar-refractivity contribution in [2.24, 2.45) is 0 Å². The van der Waals surface area contributed by atoms with Crippen molar-refractivity contribution in [2.75, 3.05) is 5.32 Å². The first-order chi connectivity index (χ1) is 17.1. The van der Waals surface area contributed by atoms with Crippen molar-refractivity contribution in [1.29, 1.82) is 0 Å². The Balaban J connectivity index is 1.65. The molecule has 1 amide bonds. The smallest absolute Gasteiger partial charge is 0.416 e. The lowest BCUT2D eigenvalue weighted by atomic mass is 9.92. The lowest BCUT2D eigenvalue weighted by molar-refractivity contribution is -0.137. The highest BCUT2D eigenvalue weighted by Crippen LogP contribution is 2.50. The Hall–Kier alpha value is -3.89. The van der Waals surface area contributed by atoms with Gasteiger partial charge in [-0.25, -0.2) is 9.18 Å². The number of amides is 1. The molecule has 4 rings (SSSR count). The molecule has 2 N–H and O–H groups in total. The van der Waals surface area contributed by atoms with Crippen molar-refractivity contribution >= 4 is 17.6 Å². The molecule has 1 aliphatic rings. The number of halogens is 6. The molecule has 1 heterocycles. The Morgan fingerprint density at radius 1 is 1.03 bits per heavy atom. The Morgan fingerprint density at radius 2 is 1.70 bits per heavy atom. The minimum absolute atomic E-state index is 0.0758. The predicted octanol–water partition coefficient (Wildman–Crippen LogP) is 6.70. The van der Waals surface area contributed by atoms with Gasteiger partial charge in [-0.2, -0.15) is 22.0 Å². The number of aromatic nitrogens is 1.